The molecule has 0 saturated carbocycles. The molecule has 1 N–H and O–H groups in total. The Bertz CT molecular complexity index is 507. The van der Waals surface area contributed by atoms with Crippen LogP contribution in [0.3, 0.4) is 0 Å². The first-order chi connectivity index (χ1) is 9.12. The van der Waals surface area contributed by atoms with E-state index in [9.17, 15) is 14.5 Å². The summed E-state index contributed by atoms with van der Waals surface area (Å²) in [6.45, 7) is 5.33. The highest BCUT2D eigenvalue weighted by molar-refractivity contribution is 6.31. The van der Waals surface area contributed by atoms with Gasteiger partial charge in [0.15, 0.2) is 0 Å². The molecule has 0 aromatic heterocycles. The van der Waals surface area contributed by atoms with E-state index in [-0.39, 0.29) is 21.8 Å². The molecule has 0 bridgehead atoms. The van der Waals surface area contributed by atoms with Crippen molar-refractivity contribution in [2.24, 2.45) is 5.41 Å². The zero-order valence-electron chi connectivity index (χ0n) is 12.0. The van der Waals surface area contributed by atoms with Gasteiger partial charge in [0.2, 0.25) is 0 Å². The van der Waals surface area contributed by atoms with Gasteiger partial charge in [-0.05, 0) is 19.5 Å². The average molecular weight is 304 g/mol. The van der Waals surface area contributed by atoms with E-state index in [1.54, 1.807) is 0 Å². The standard InChI is InChI=1S/C13H19ClFN3O2/c1-13(2,8-17(3)4)7-16-11-6-10(15)9(14)5-12(11)18(19)20/h5-6,16H,7-8H2,1-4H3. The number of hydrogen-bond donors (Lipinski definition) is 1. The van der Waals surface area contributed by atoms with Crippen molar-refractivity contribution >= 4 is 23.0 Å². The van der Waals surface area contributed by atoms with Crippen molar-refractivity contribution in [3.05, 3.63) is 33.1 Å². The molecule has 0 aliphatic heterocycles. The van der Waals surface area contributed by atoms with Crippen LogP contribution in [0.25, 0.3) is 0 Å². The quantitative estimate of drug-likeness (QED) is 0.646. The van der Waals surface area contributed by atoms with Gasteiger partial charge in [-0.15, -0.1) is 0 Å². The van der Waals surface area contributed by atoms with E-state index in [1.807, 2.05) is 32.8 Å². The third kappa shape index (κ3) is 4.61. The zero-order valence-corrected chi connectivity index (χ0v) is 12.8. The van der Waals surface area contributed by atoms with E-state index in [0.717, 1.165) is 18.7 Å². The lowest BCUT2D eigenvalue weighted by molar-refractivity contribution is -0.384. The number of nitro benzene ring substituents is 1. The third-order valence-electron chi connectivity index (χ3n) is 2.74. The first-order valence-corrected chi connectivity index (χ1v) is 6.52. The molecule has 0 amide bonds. The molecule has 0 radical (unpaired) electrons. The van der Waals surface area contributed by atoms with Crippen LogP contribution in [0.5, 0.6) is 0 Å². The molecule has 0 spiro atoms. The predicted octanol–water partition coefficient (Wildman–Crippen LogP) is 3.39. The number of nitro groups is 1. The van der Waals surface area contributed by atoms with Crippen molar-refractivity contribution < 1.29 is 9.31 Å². The molecule has 0 fully saturated rings. The normalized spacial score (nSPS) is 11.8. The number of benzene rings is 1. The highest BCUT2D eigenvalue weighted by atomic mass is 35.5. The van der Waals surface area contributed by atoms with E-state index in [0.29, 0.717) is 6.54 Å². The molecule has 112 valence electrons. The molecule has 0 saturated heterocycles. The van der Waals surface area contributed by atoms with Gasteiger partial charge in [0, 0.05) is 25.2 Å². The van der Waals surface area contributed by atoms with Crippen molar-refractivity contribution in [2.75, 3.05) is 32.5 Å². The predicted molar refractivity (Wildman–Crippen MR) is 78.9 cm³/mol. The fraction of sp³-hybridized carbons (Fsp3) is 0.538. The van der Waals surface area contributed by atoms with E-state index in [4.69, 9.17) is 11.6 Å². The topological polar surface area (TPSA) is 58.4 Å². The molecular weight excluding hydrogens is 285 g/mol. The number of nitrogens with zero attached hydrogens (tertiary/aromatic N) is 2. The van der Waals surface area contributed by atoms with Crippen molar-refractivity contribution in [3.63, 3.8) is 0 Å². The zero-order chi connectivity index (χ0) is 15.5. The molecule has 20 heavy (non-hydrogen) atoms. The third-order valence-corrected chi connectivity index (χ3v) is 3.03. The first-order valence-electron chi connectivity index (χ1n) is 6.14. The van der Waals surface area contributed by atoms with Crippen LogP contribution in [0.2, 0.25) is 5.02 Å². The van der Waals surface area contributed by atoms with Gasteiger partial charge in [0.05, 0.1) is 9.95 Å². The van der Waals surface area contributed by atoms with Gasteiger partial charge in [0.1, 0.15) is 11.5 Å². The maximum atomic E-state index is 13.4. The minimum atomic E-state index is -0.676. The van der Waals surface area contributed by atoms with Crippen molar-refractivity contribution in [1.82, 2.24) is 4.90 Å². The molecule has 7 heteroatoms. The second kappa shape index (κ2) is 6.37. The van der Waals surface area contributed by atoms with Gasteiger partial charge >= 0.3 is 0 Å². The number of anilines is 1. The highest BCUT2D eigenvalue weighted by Crippen LogP contribution is 2.31. The summed E-state index contributed by atoms with van der Waals surface area (Å²) in [6, 6.07) is 2.09. The summed E-state index contributed by atoms with van der Waals surface area (Å²) in [7, 11) is 3.90. The molecule has 1 rings (SSSR count). The summed E-state index contributed by atoms with van der Waals surface area (Å²) in [4.78, 5) is 12.4. The monoisotopic (exact) mass is 303 g/mol. The molecule has 0 heterocycles. The lowest BCUT2D eigenvalue weighted by Gasteiger charge is -2.28. The SMILES string of the molecule is CN(C)CC(C)(C)CNc1cc(F)c(Cl)cc1[N+](=O)[O-]. The van der Waals surface area contributed by atoms with Gasteiger partial charge in [-0.25, -0.2) is 4.39 Å². The van der Waals surface area contributed by atoms with Crippen LogP contribution in [0.1, 0.15) is 13.8 Å². The van der Waals surface area contributed by atoms with E-state index >= 15 is 0 Å². The van der Waals surface area contributed by atoms with Crippen molar-refractivity contribution in [2.45, 2.75) is 13.8 Å². The number of halogens is 2. The van der Waals surface area contributed by atoms with Crippen molar-refractivity contribution in [3.8, 4) is 0 Å². The molecule has 5 nitrogen and oxygen atoms in total. The van der Waals surface area contributed by atoms with Gasteiger partial charge in [-0.1, -0.05) is 25.4 Å². The van der Waals surface area contributed by atoms with Crippen LogP contribution < -0.4 is 5.32 Å². The molecule has 0 aliphatic carbocycles. The fourth-order valence-corrected chi connectivity index (χ4v) is 2.23. The highest BCUT2D eigenvalue weighted by Gasteiger charge is 2.22. The van der Waals surface area contributed by atoms with Gasteiger partial charge in [-0.3, -0.25) is 10.1 Å². The van der Waals surface area contributed by atoms with E-state index in [1.165, 1.54) is 0 Å². The summed E-state index contributed by atoms with van der Waals surface area (Å²) in [5.41, 5.74) is -0.200. The smallest absolute Gasteiger partial charge is 0.294 e. The van der Waals surface area contributed by atoms with Crippen LogP contribution in [-0.2, 0) is 0 Å². The Morgan fingerprint density at radius 1 is 1.45 bits per heavy atom. The second-order valence-electron chi connectivity index (χ2n) is 5.80. The van der Waals surface area contributed by atoms with Crippen LogP contribution >= 0.6 is 11.6 Å². The number of hydrogen-bond acceptors (Lipinski definition) is 4. The summed E-state index contributed by atoms with van der Waals surface area (Å²) in [5, 5.41) is 13.7. The molecular formula is C13H19ClFN3O2. The lowest BCUT2D eigenvalue weighted by atomic mass is 9.93. The Kier molecular flexibility index (Phi) is 5.30. The maximum Gasteiger partial charge on any atom is 0.294 e. The van der Waals surface area contributed by atoms with Crippen molar-refractivity contribution in [1.29, 1.82) is 0 Å². The summed E-state index contributed by atoms with van der Waals surface area (Å²) >= 11 is 5.57. The Balaban J connectivity index is 2.92. The van der Waals surface area contributed by atoms with Crippen LogP contribution in [-0.4, -0.2) is 37.0 Å². The molecule has 1 aromatic rings. The Labute approximate surface area is 122 Å². The van der Waals surface area contributed by atoms with Crippen LogP contribution in [0, 0.1) is 21.3 Å². The Morgan fingerprint density at radius 3 is 2.55 bits per heavy atom. The average Bonchev–Trinajstić information content (AvgIpc) is 2.28. The minimum absolute atomic E-state index is 0.118. The second-order valence-corrected chi connectivity index (χ2v) is 6.20. The molecule has 0 atom stereocenters. The van der Waals surface area contributed by atoms with E-state index in [2.05, 4.69) is 5.32 Å². The summed E-state index contributed by atoms with van der Waals surface area (Å²) in [6.07, 6.45) is 0. The van der Waals surface area contributed by atoms with Gasteiger partial charge in [-0.2, -0.15) is 0 Å². The maximum absolute atomic E-state index is 13.4. The lowest BCUT2D eigenvalue weighted by Crippen LogP contribution is -2.34. The largest absolute Gasteiger partial charge is 0.379 e. The molecule has 0 unspecified atom stereocenters. The molecule has 1 aromatic carbocycles. The minimum Gasteiger partial charge on any atom is -0.379 e. The summed E-state index contributed by atoms with van der Waals surface area (Å²) < 4.78 is 13.4. The van der Waals surface area contributed by atoms with Crippen LogP contribution in [0.4, 0.5) is 15.8 Å². The summed E-state index contributed by atoms with van der Waals surface area (Å²) in [5.74, 6) is -0.676. The Hall–Kier alpha value is -1.40. The Morgan fingerprint density at radius 2 is 2.05 bits per heavy atom. The van der Waals surface area contributed by atoms with E-state index < -0.39 is 10.7 Å². The molecule has 0 aliphatic rings. The van der Waals surface area contributed by atoms with Gasteiger partial charge in [0.25, 0.3) is 5.69 Å². The first kappa shape index (κ1) is 16.7. The number of nitrogens with one attached hydrogen (secondary N) is 1. The van der Waals surface area contributed by atoms with Gasteiger partial charge < -0.3 is 10.2 Å². The van der Waals surface area contributed by atoms with Crippen LogP contribution in [0.15, 0.2) is 12.1 Å². The fourth-order valence-electron chi connectivity index (χ4n) is 2.08. The number of rotatable bonds is 6.